The normalized spacial score (nSPS) is 22.3. The summed E-state index contributed by atoms with van der Waals surface area (Å²) in [4.78, 5) is 0. The van der Waals surface area contributed by atoms with Gasteiger partial charge in [0.15, 0.2) is 11.6 Å². The first kappa shape index (κ1) is 18.6. The fraction of sp³-hybridized carbons (Fsp3) is 0.647. The number of rotatable bonds is 7. The predicted molar refractivity (Wildman–Crippen MR) is 94.1 cm³/mol. The van der Waals surface area contributed by atoms with Crippen LogP contribution in [0.3, 0.4) is 0 Å². The highest BCUT2D eigenvalue weighted by atomic mass is 32.2. The summed E-state index contributed by atoms with van der Waals surface area (Å²) < 4.78 is 47.3. The third-order valence-corrected chi connectivity index (χ3v) is 6.52. The first-order valence-electron chi connectivity index (χ1n) is 8.73. The molecule has 25 heavy (non-hydrogen) atoms. The van der Waals surface area contributed by atoms with E-state index >= 15 is 0 Å². The number of nitrogens with one attached hydrogen (secondary N) is 1. The fourth-order valence-corrected chi connectivity index (χ4v) is 4.14. The van der Waals surface area contributed by atoms with Crippen LogP contribution in [0.25, 0.3) is 0 Å². The standard InChI is InChI=1S/C17H26FN3O3S/c1-20(2)25(22,23)21-10-4-6-14(12-21)19-11-13-5-3-7-16(17(13)18)24-15-8-9-15/h3,5,7,14-15,19H,4,6,8-12H2,1-2H3/t14-/m1/s1. The van der Waals surface area contributed by atoms with Crippen molar-refractivity contribution in [3.05, 3.63) is 29.6 Å². The minimum atomic E-state index is -3.40. The van der Waals surface area contributed by atoms with Gasteiger partial charge in [0, 0.05) is 45.3 Å². The van der Waals surface area contributed by atoms with Crippen LogP contribution in [0, 0.1) is 5.82 Å². The molecule has 1 saturated carbocycles. The molecule has 1 N–H and O–H groups in total. The maximum atomic E-state index is 14.5. The van der Waals surface area contributed by atoms with Crippen LogP contribution in [0.15, 0.2) is 18.2 Å². The molecule has 1 aliphatic carbocycles. The number of ether oxygens (including phenoxy) is 1. The van der Waals surface area contributed by atoms with Gasteiger partial charge in [0.05, 0.1) is 6.10 Å². The Labute approximate surface area is 149 Å². The summed E-state index contributed by atoms with van der Waals surface area (Å²) >= 11 is 0. The van der Waals surface area contributed by atoms with E-state index in [1.807, 2.05) is 0 Å². The Morgan fingerprint density at radius 2 is 2.08 bits per heavy atom. The zero-order chi connectivity index (χ0) is 18.0. The maximum Gasteiger partial charge on any atom is 0.281 e. The third-order valence-electron chi connectivity index (χ3n) is 4.61. The number of piperidine rings is 1. The van der Waals surface area contributed by atoms with Gasteiger partial charge >= 0.3 is 0 Å². The number of hydrogen-bond donors (Lipinski definition) is 1. The minimum Gasteiger partial charge on any atom is -0.487 e. The van der Waals surface area contributed by atoms with Gasteiger partial charge in [-0.05, 0) is 31.7 Å². The lowest BCUT2D eigenvalue weighted by atomic mass is 10.1. The highest BCUT2D eigenvalue weighted by Gasteiger charge is 2.30. The minimum absolute atomic E-state index is 0.0101. The van der Waals surface area contributed by atoms with Gasteiger partial charge in [-0.2, -0.15) is 17.0 Å². The summed E-state index contributed by atoms with van der Waals surface area (Å²) in [6.07, 6.45) is 3.79. The Bertz CT molecular complexity index is 707. The van der Waals surface area contributed by atoms with Gasteiger partial charge in [0.25, 0.3) is 10.2 Å². The summed E-state index contributed by atoms with van der Waals surface area (Å²) in [5.74, 6) is -0.0160. The first-order chi connectivity index (χ1) is 11.9. The Balaban J connectivity index is 1.60. The van der Waals surface area contributed by atoms with Crippen LogP contribution in [0.5, 0.6) is 5.75 Å². The quantitative estimate of drug-likeness (QED) is 0.793. The largest absolute Gasteiger partial charge is 0.487 e. The molecule has 1 heterocycles. The van der Waals surface area contributed by atoms with E-state index in [9.17, 15) is 12.8 Å². The van der Waals surface area contributed by atoms with E-state index in [2.05, 4.69) is 5.32 Å². The third kappa shape index (κ3) is 4.49. The average Bonchev–Trinajstić information content (AvgIpc) is 3.40. The molecule has 1 saturated heterocycles. The molecule has 0 unspecified atom stereocenters. The molecule has 0 amide bonds. The molecule has 0 radical (unpaired) electrons. The molecule has 1 aromatic rings. The predicted octanol–water partition coefficient (Wildman–Crippen LogP) is 1.73. The number of hydrogen-bond acceptors (Lipinski definition) is 4. The number of benzene rings is 1. The second-order valence-corrected chi connectivity index (χ2v) is 9.06. The van der Waals surface area contributed by atoms with Crippen LogP contribution in [-0.4, -0.2) is 56.4 Å². The molecule has 3 rings (SSSR count). The smallest absolute Gasteiger partial charge is 0.281 e. The highest BCUT2D eigenvalue weighted by molar-refractivity contribution is 7.86. The van der Waals surface area contributed by atoms with Crippen LogP contribution >= 0.6 is 0 Å². The monoisotopic (exact) mass is 371 g/mol. The second kappa shape index (κ2) is 7.57. The number of nitrogens with zero attached hydrogens (tertiary/aromatic N) is 2. The van der Waals surface area contributed by atoms with E-state index in [1.165, 1.54) is 22.7 Å². The van der Waals surface area contributed by atoms with Crippen molar-refractivity contribution in [2.45, 2.75) is 44.4 Å². The molecule has 0 bridgehead atoms. The lowest BCUT2D eigenvalue weighted by Gasteiger charge is -2.34. The molecule has 2 fully saturated rings. The highest BCUT2D eigenvalue weighted by Crippen LogP contribution is 2.29. The Kier molecular flexibility index (Phi) is 5.62. The van der Waals surface area contributed by atoms with E-state index in [0.717, 1.165) is 25.7 Å². The van der Waals surface area contributed by atoms with Gasteiger partial charge in [-0.3, -0.25) is 0 Å². The molecule has 1 aromatic carbocycles. The van der Waals surface area contributed by atoms with Crippen molar-refractivity contribution < 1.29 is 17.5 Å². The molecule has 2 aliphatic rings. The summed E-state index contributed by atoms with van der Waals surface area (Å²) in [7, 11) is -0.335. The lowest BCUT2D eigenvalue weighted by molar-refractivity contribution is 0.268. The lowest BCUT2D eigenvalue weighted by Crippen LogP contribution is -2.50. The van der Waals surface area contributed by atoms with Crippen molar-refractivity contribution in [1.82, 2.24) is 13.9 Å². The van der Waals surface area contributed by atoms with E-state index in [4.69, 9.17) is 4.74 Å². The van der Waals surface area contributed by atoms with Crippen LogP contribution in [0.4, 0.5) is 4.39 Å². The van der Waals surface area contributed by atoms with Crippen molar-refractivity contribution in [3.63, 3.8) is 0 Å². The van der Waals surface area contributed by atoms with Crippen LogP contribution in [-0.2, 0) is 16.8 Å². The van der Waals surface area contributed by atoms with Crippen molar-refractivity contribution >= 4 is 10.2 Å². The van der Waals surface area contributed by atoms with E-state index in [0.29, 0.717) is 30.9 Å². The van der Waals surface area contributed by atoms with Crippen molar-refractivity contribution in [2.75, 3.05) is 27.2 Å². The zero-order valence-electron chi connectivity index (χ0n) is 14.7. The van der Waals surface area contributed by atoms with Crippen molar-refractivity contribution in [1.29, 1.82) is 0 Å². The van der Waals surface area contributed by atoms with Gasteiger partial charge in [-0.15, -0.1) is 0 Å². The summed E-state index contributed by atoms with van der Waals surface area (Å²) in [6.45, 7) is 1.28. The summed E-state index contributed by atoms with van der Waals surface area (Å²) in [5, 5.41) is 3.30. The van der Waals surface area contributed by atoms with Crippen molar-refractivity contribution in [3.8, 4) is 5.75 Å². The van der Waals surface area contributed by atoms with Crippen LogP contribution in [0.2, 0.25) is 0 Å². The molecular weight excluding hydrogens is 345 g/mol. The molecule has 140 valence electrons. The van der Waals surface area contributed by atoms with E-state index < -0.39 is 10.2 Å². The van der Waals surface area contributed by atoms with Crippen molar-refractivity contribution in [2.24, 2.45) is 0 Å². The molecule has 0 spiro atoms. The maximum absolute atomic E-state index is 14.5. The molecule has 1 aliphatic heterocycles. The van der Waals surface area contributed by atoms with Gasteiger partial charge in [0.1, 0.15) is 0 Å². The molecular formula is C17H26FN3O3S. The Hall–Kier alpha value is -1.22. The summed E-state index contributed by atoms with van der Waals surface area (Å²) in [6, 6.07) is 5.19. The van der Waals surface area contributed by atoms with Crippen LogP contribution < -0.4 is 10.1 Å². The first-order valence-corrected chi connectivity index (χ1v) is 10.1. The number of halogens is 1. The molecule has 0 aromatic heterocycles. The van der Waals surface area contributed by atoms with E-state index in [1.54, 1.807) is 18.2 Å². The van der Waals surface area contributed by atoms with E-state index in [-0.39, 0.29) is 18.0 Å². The molecule has 1 atom stereocenters. The summed E-state index contributed by atoms with van der Waals surface area (Å²) in [5.41, 5.74) is 0.547. The average molecular weight is 371 g/mol. The molecule has 8 heteroatoms. The SMILES string of the molecule is CN(C)S(=O)(=O)N1CCC[C@@H](NCc2cccc(OC3CC3)c2F)C1. The van der Waals surface area contributed by atoms with Gasteiger partial charge in [-0.25, -0.2) is 4.39 Å². The van der Waals surface area contributed by atoms with Gasteiger partial charge in [-0.1, -0.05) is 12.1 Å². The topological polar surface area (TPSA) is 61.9 Å². The second-order valence-electron chi connectivity index (χ2n) is 6.91. The Morgan fingerprint density at radius 1 is 1.32 bits per heavy atom. The van der Waals surface area contributed by atoms with Crippen LogP contribution in [0.1, 0.15) is 31.2 Å². The van der Waals surface area contributed by atoms with Gasteiger partial charge in [0.2, 0.25) is 0 Å². The zero-order valence-corrected chi connectivity index (χ0v) is 15.6. The van der Waals surface area contributed by atoms with Gasteiger partial charge < -0.3 is 10.1 Å². The molecule has 6 nitrogen and oxygen atoms in total. The Morgan fingerprint density at radius 3 is 2.76 bits per heavy atom. The fourth-order valence-electron chi connectivity index (χ4n) is 2.95.